The Morgan fingerprint density at radius 2 is 1.77 bits per heavy atom. The highest BCUT2D eigenvalue weighted by Gasteiger charge is 2.28. The Hall–Kier alpha value is -3.08. The molecule has 0 unspecified atom stereocenters. The first-order valence-corrected chi connectivity index (χ1v) is 10.6. The van der Waals surface area contributed by atoms with Crippen molar-refractivity contribution >= 4 is 5.91 Å². The van der Waals surface area contributed by atoms with Gasteiger partial charge >= 0.3 is 0 Å². The van der Waals surface area contributed by atoms with Crippen molar-refractivity contribution < 1.29 is 14.1 Å². The Morgan fingerprint density at radius 3 is 2.47 bits per heavy atom. The maximum Gasteiger partial charge on any atom is 0.276 e. The van der Waals surface area contributed by atoms with Crippen LogP contribution in [0, 0.1) is 19.8 Å². The Kier molecular flexibility index (Phi) is 6.17. The number of aryl methyl sites for hydroxylation is 2. The van der Waals surface area contributed by atoms with E-state index < -0.39 is 0 Å². The van der Waals surface area contributed by atoms with Gasteiger partial charge in [0.05, 0.1) is 5.56 Å². The minimum absolute atomic E-state index is 0.0625. The van der Waals surface area contributed by atoms with Crippen molar-refractivity contribution in [2.75, 3.05) is 13.1 Å². The molecule has 2 aromatic carbocycles. The van der Waals surface area contributed by atoms with Crippen molar-refractivity contribution in [3.63, 3.8) is 0 Å². The molecule has 2 heterocycles. The maximum absolute atomic E-state index is 13.1. The van der Waals surface area contributed by atoms with Crippen LogP contribution < -0.4 is 4.74 Å². The molecule has 5 heteroatoms. The molecule has 1 aliphatic heterocycles. The number of nitrogens with zero attached hydrogens (tertiary/aromatic N) is 2. The van der Waals surface area contributed by atoms with Gasteiger partial charge < -0.3 is 14.2 Å². The van der Waals surface area contributed by atoms with Crippen LogP contribution >= 0.6 is 0 Å². The number of ether oxygens (including phenoxy) is 1. The summed E-state index contributed by atoms with van der Waals surface area (Å²) in [6.45, 7) is 5.63. The van der Waals surface area contributed by atoms with E-state index in [1.807, 2.05) is 49.1 Å². The molecule has 0 aliphatic carbocycles. The third-order valence-corrected chi connectivity index (χ3v) is 5.86. The van der Waals surface area contributed by atoms with Gasteiger partial charge in [-0.3, -0.25) is 4.79 Å². The zero-order valence-corrected chi connectivity index (χ0v) is 17.6. The summed E-state index contributed by atoms with van der Waals surface area (Å²) in [4.78, 5) is 15.0. The molecule has 1 saturated heterocycles. The molecule has 30 heavy (non-hydrogen) atoms. The molecule has 0 radical (unpaired) electrons. The summed E-state index contributed by atoms with van der Waals surface area (Å²) in [6, 6.07) is 18.4. The molecule has 0 bridgehead atoms. The molecular weight excluding hydrogens is 376 g/mol. The zero-order valence-electron chi connectivity index (χ0n) is 17.6. The normalized spacial score (nSPS) is 14.7. The number of amides is 1. The number of aromatic nitrogens is 1. The second kappa shape index (κ2) is 9.16. The summed E-state index contributed by atoms with van der Waals surface area (Å²) < 4.78 is 11.2. The fourth-order valence-electron chi connectivity index (χ4n) is 3.96. The summed E-state index contributed by atoms with van der Waals surface area (Å²) >= 11 is 0. The predicted octanol–water partition coefficient (Wildman–Crippen LogP) is 4.97. The summed E-state index contributed by atoms with van der Waals surface area (Å²) in [5.74, 6) is 1.94. The van der Waals surface area contributed by atoms with Gasteiger partial charge in [0.2, 0.25) is 0 Å². The lowest BCUT2D eigenvalue weighted by Crippen LogP contribution is -2.39. The Morgan fingerprint density at radius 1 is 1.07 bits per heavy atom. The number of benzene rings is 2. The number of piperidine rings is 1. The van der Waals surface area contributed by atoms with Crippen LogP contribution in [0.4, 0.5) is 0 Å². The van der Waals surface area contributed by atoms with Gasteiger partial charge in [0.1, 0.15) is 18.1 Å². The number of carbonyl (C=O) groups excluding carboxylic acids is 1. The Labute approximate surface area is 177 Å². The Balaban J connectivity index is 1.36. The van der Waals surface area contributed by atoms with Crippen LogP contribution in [0.1, 0.15) is 45.8 Å². The SMILES string of the molecule is Cc1ccc(OCc2c(C(=O)N3CCC(Cc4ccccc4)CC3)noc2C)cc1. The van der Waals surface area contributed by atoms with Crippen LogP contribution in [0.5, 0.6) is 5.75 Å². The smallest absolute Gasteiger partial charge is 0.276 e. The van der Waals surface area contributed by atoms with Crippen LogP contribution in [0.3, 0.4) is 0 Å². The molecule has 1 aromatic heterocycles. The minimum atomic E-state index is -0.0625. The summed E-state index contributed by atoms with van der Waals surface area (Å²) in [6.07, 6.45) is 3.08. The van der Waals surface area contributed by atoms with Crippen LogP contribution in [0.15, 0.2) is 59.1 Å². The van der Waals surface area contributed by atoms with Gasteiger partial charge in [-0.1, -0.05) is 53.2 Å². The minimum Gasteiger partial charge on any atom is -0.489 e. The fourth-order valence-corrected chi connectivity index (χ4v) is 3.96. The highest BCUT2D eigenvalue weighted by molar-refractivity contribution is 5.93. The summed E-state index contributed by atoms with van der Waals surface area (Å²) in [5, 5.41) is 4.06. The van der Waals surface area contributed by atoms with Gasteiger partial charge in [0.15, 0.2) is 5.69 Å². The molecule has 5 nitrogen and oxygen atoms in total. The number of hydrogen-bond acceptors (Lipinski definition) is 4. The van der Waals surface area contributed by atoms with E-state index in [1.165, 1.54) is 11.1 Å². The predicted molar refractivity (Wildman–Crippen MR) is 116 cm³/mol. The van der Waals surface area contributed by atoms with Gasteiger partial charge in [-0.2, -0.15) is 0 Å². The molecule has 156 valence electrons. The number of rotatable bonds is 6. The van der Waals surface area contributed by atoms with E-state index >= 15 is 0 Å². The first-order valence-electron chi connectivity index (χ1n) is 10.6. The zero-order chi connectivity index (χ0) is 20.9. The lowest BCUT2D eigenvalue weighted by molar-refractivity contribution is 0.0677. The number of carbonyl (C=O) groups is 1. The lowest BCUT2D eigenvalue weighted by Gasteiger charge is -2.31. The largest absolute Gasteiger partial charge is 0.489 e. The topological polar surface area (TPSA) is 55.6 Å². The molecule has 3 aromatic rings. The average molecular weight is 405 g/mol. The maximum atomic E-state index is 13.1. The van der Waals surface area contributed by atoms with Crippen molar-refractivity contribution in [1.29, 1.82) is 0 Å². The molecular formula is C25H28N2O3. The van der Waals surface area contributed by atoms with Crippen molar-refractivity contribution in [3.8, 4) is 5.75 Å². The number of hydrogen-bond donors (Lipinski definition) is 0. The van der Waals surface area contributed by atoms with E-state index in [4.69, 9.17) is 9.26 Å². The standard InChI is InChI=1S/C25H28N2O3/c1-18-8-10-22(11-9-18)29-17-23-19(2)30-26-24(23)25(28)27-14-12-21(13-15-27)16-20-6-4-3-5-7-20/h3-11,21H,12-17H2,1-2H3. The lowest BCUT2D eigenvalue weighted by atomic mass is 9.90. The molecule has 0 spiro atoms. The quantitative estimate of drug-likeness (QED) is 0.582. The third kappa shape index (κ3) is 4.73. The van der Waals surface area contributed by atoms with Crippen LogP contribution in [0.25, 0.3) is 0 Å². The second-order valence-corrected chi connectivity index (χ2v) is 8.09. The molecule has 1 aliphatic rings. The van der Waals surface area contributed by atoms with E-state index in [0.29, 0.717) is 17.4 Å². The molecule has 0 saturated carbocycles. The summed E-state index contributed by atoms with van der Waals surface area (Å²) in [5.41, 5.74) is 3.65. The van der Waals surface area contributed by atoms with E-state index in [-0.39, 0.29) is 12.5 Å². The highest BCUT2D eigenvalue weighted by Crippen LogP contribution is 2.25. The molecule has 1 amide bonds. The highest BCUT2D eigenvalue weighted by atomic mass is 16.5. The van der Waals surface area contributed by atoms with Crippen LogP contribution in [-0.2, 0) is 13.0 Å². The molecule has 0 N–H and O–H groups in total. The molecule has 1 fully saturated rings. The average Bonchev–Trinajstić information content (AvgIpc) is 3.14. The van der Waals surface area contributed by atoms with Crippen molar-refractivity contribution in [3.05, 3.63) is 82.7 Å². The van der Waals surface area contributed by atoms with Gasteiger partial charge in [0.25, 0.3) is 5.91 Å². The Bertz CT molecular complexity index is 971. The first-order chi connectivity index (χ1) is 14.6. The molecule has 4 rings (SSSR count). The third-order valence-electron chi connectivity index (χ3n) is 5.86. The van der Waals surface area contributed by atoms with Crippen molar-refractivity contribution in [2.24, 2.45) is 5.92 Å². The van der Waals surface area contributed by atoms with Crippen molar-refractivity contribution in [2.45, 2.75) is 39.7 Å². The van der Waals surface area contributed by atoms with E-state index in [0.717, 1.165) is 43.7 Å². The van der Waals surface area contributed by atoms with Gasteiger partial charge in [-0.25, -0.2) is 0 Å². The van der Waals surface area contributed by atoms with E-state index in [2.05, 4.69) is 29.4 Å². The fraction of sp³-hybridized carbons (Fsp3) is 0.360. The van der Waals surface area contributed by atoms with Crippen LogP contribution in [0.2, 0.25) is 0 Å². The van der Waals surface area contributed by atoms with Gasteiger partial charge in [-0.05, 0) is 56.7 Å². The van der Waals surface area contributed by atoms with Crippen molar-refractivity contribution in [1.82, 2.24) is 10.1 Å². The van der Waals surface area contributed by atoms with E-state index in [9.17, 15) is 4.79 Å². The van der Waals surface area contributed by atoms with Crippen LogP contribution in [-0.4, -0.2) is 29.1 Å². The number of likely N-dealkylation sites (tertiary alicyclic amines) is 1. The van der Waals surface area contributed by atoms with Gasteiger partial charge in [-0.15, -0.1) is 0 Å². The van der Waals surface area contributed by atoms with E-state index in [1.54, 1.807) is 0 Å². The monoisotopic (exact) mass is 404 g/mol. The second-order valence-electron chi connectivity index (χ2n) is 8.09. The van der Waals surface area contributed by atoms with Gasteiger partial charge in [0, 0.05) is 13.1 Å². The summed E-state index contributed by atoms with van der Waals surface area (Å²) in [7, 11) is 0. The first kappa shape index (κ1) is 20.2. The molecule has 0 atom stereocenters.